The number of ether oxygens (including phenoxy) is 2. The molecule has 0 saturated heterocycles. The number of nitrogens with zero attached hydrogens (tertiary/aromatic N) is 1. The molecule has 1 atom stereocenters. The Morgan fingerprint density at radius 3 is 2.83 bits per heavy atom. The summed E-state index contributed by atoms with van der Waals surface area (Å²) in [7, 11) is 1.60. The van der Waals surface area contributed by atoms with Gasteiger partial charge in [-0.15, -0.1) is 0 Å². The van der Waals surface area contributed by atoms with Crippen LogP contribution >= 0.6 is 0 Å². The molecule has 1 heterocycles. The van der Waals surface area contributed by atoms with E-state index in [2.05, 4.69) is 10.5 Å². The smallest absolute Gasteiger partial charge is 0.251 e. The van der Waals surface area contributed by atoms with Crippen LogP contribution in [0.2, 0.25) is 0 Å². The van der Waals surface area contributed by atoms with Crippen molar-refractivity contribution in [3.8, 4) is 5.75 Å². The van der Waals surface area contributed by atoms with Crippen molar-refractivity contribution >= 4 is 5.91 Å². The van der Waals surface area contributed by atoms with Crippen molar-refractivity contribution in [1.82, 2.24) is 10.5 Å². The number of rotatable bonds is 7. The van der Waals surface area contributed by atoms with Crippen LogP contribution in [0.5, 0.6) is 5.75 Å². The van der Waals surface area contributed by atoms with Gasteiger partial charge in [0.2, 0.25) is 0 Å². The van der Waals surface area contributed by atoms with E-state index < -0.39 is 0 Å². The first-order valence-corrected chi connectivity index (χ1v) is 7.45. The van der Waals surface area contributed by atoms with E-state index >= 15 is 0 Å². The first kappa shape index (κ1) is 17.0. The van der Waals surface area contributed by atoms with Crippen LogP contribution in [0.3, 0.4) is 0 Å². The fraction of sp³-hybridized carbons (Fsp3) is 0.412. The number of hydrogen-bond acceptors (Lipinski definition) is 5. The van der Waals surface area contributed by atoms with E-state index in [0.29, 0.717) is 24.5 Å². The minimum absolute atomic E-state index is 0.0561. The highest BCUT2D eigenvalue weighted by Crippen LogP contribution is 2.18. The third-order valence-electron chi connectivity index (χ3n) is 3.45. The number of nitrogens with one attached hydrogen (secondary N) is 1. The minimum atomic E-state index is -0.155. The lowest BCUT2D eigenvalue weighted by molar-refractivity contribution is 0.0905. The van der Waals surface area contributed by atoms with Gasteiger partial charge in [0.1, 0.15) is 18.1 Å². The molecule has 0 fully saturated rings. The summed E-state index contributed by atoms with van der Waals surface area (Å²) in [6, 6.07) is 7.01. The van der Waals surface area contributed by atoms with E-state index in [1.54, 1.807) is 25.3 Å². The average molecular weight is 318 g/mol. The van der Waals surface area contributed by atoms with Gasteiger partial charge in [0.05, 0.1) is 17.9 Å². The van der Waals surface area contributed by atoms with Gasteiger partial charge in [0.25, 0.3) is 5.91 Å². The molecule has 1 unspecified atom stereocenters. The zero-order valence-corrected chi connectivity index (χ0v) is 13.9. The number of carbonyl (C=O) groups is 1. The molecule has 6 heteroatoms. The minimum Gasteiger partial charge on any atom is -0.489 e. The van der Waals surface area contributed by atoms with Crippen molar-refractivity contribution in [2.75, 3.05) is 13.7 Å². The third-order valence-corrected chi connectivity index (χ3v) is 3.45. The monoisotopic (exact) mass is 318 g/mol. The molecule has 2 aromatic rings. The largest absolute Gasteiger partial charge is 0.489 e. The van der Waals surface area contributed by atoms with Crippen molar-refractivity contribution in [2.45, 2.75) is 33.4 Å². The topological polar surface area (TPSA) is 73.6 Å². The van der Waals surface area contributed by atoms with Crippen LogP contribution in [-0.2, 0) is 11.3 Å². The molecule has 6 nitrogen and oxygen atoms in total. The molecule has 1 amide bonds. The molecule has 1 N–H and O–H groups in total. The van der Waals surface area contributed by atoms with E-state index in [4.69, 9.17) is 14.0 Å². The summed E-state index contributed by atoms with van der Waals surface area (Å²) in [6.45, 7) is 6.43. The number of carbonyl (C=O) groups excluding carboxylic acids is 1. The van der Waals surface area contributed by atoms with Gasteiger partial charge in [0.15, 0.2) is 0 Å². The van der Waals surface area contributed by atoms with Crippen LogP contribution in [0, 0.1) is 13.8 Å². The Kier molecular flexibility index (Phi) is 5.76. The van der Waals surface area contributed by atoms with Gasteiger partial charge in [-0.2, -0.15) is 0 Å². The first-order chi connectivity index (χ1) is 11.0. The van der Waals surface area contributed by atoms with Gasteiger partial charge in [-0.3, -0.25) is 4.79 Å². The quantitative estimate of drug-likeness (QED) is 0.849. The molecule has 1 aromatic heterocycles. The van der Waals surface area contributed by atoms with E-state index in [1.807, 2.05) is 26.8 Å². The number of benzene rings is 1. The summed E-state index contributed by atoms with van der Waals surface area (Å²) in [5.74, 6) is 1.21. The van der Waals surface area contributed by atoms with E-state index in [-0.39, 0.29) is 11.9 Å². The van der Waals surface area contributed by atoms with E-state index in [0.717, 1.165) is 17.0 Å². The summed E-state index contributed by atoms with van der Waals surface area (Å²) in [6.07, 6.45) is 0. The molecule has 0 aliphatic carbocycles. The van der Waals surface area contributed by atoms with Gasteiger partial charge in [0, 0.05) is 18.7 Å². The highest BCUT2D eigenvalue weighted by atomic mass is 16.5. The molecular weight excluding hydrogens is 296 g/mol. The van der Waals surface area contributed by atoms with Crippen LogP contribution in [0.25, 0.3) is 0 Å². The lowest BCUT2D eigenvalue weighted by Crippen LogP contribution is -2.35. The maximum atomic E-state index is 12.2. The zero-order chi connectivity index (χ0) is 16.8. The average Bonchev–Trinajstić information content (AvgIpc) is 2.84. The first-order valence-electron chi connectivity index (χ1n) is 7.45. The Hall–Kier alpha value is -2.34. The standard InChI is InChI=1S/C17H22N2O4/c1-11(9-21-4)18-17(20)14-6-5-7-15(8-14)22-10-16-12(2)19-23-13(16)3/h5-8,11H,9-10H2,1-4H3,(H,18,20). The second-order valence-corrected chi connectivity index (χ2v) is 5.45. The number of amides is 1. The fourth-order valence-electron chi connectivity index (χ4n) is 2.19. The van der Waals surface area contributed by atoms with Crippen molar-refractivity contribution in [1.29, 1.82) is 0 Å². The van der Waals surface area contributed by atoms with Crippen LogP contribution in [0.1, 0.15) is 34.3 Å². The maximum Gasteiger partial charge on any atom is 0.251 e. The number of aryl methyl sites for hydroxylation is 2. The predicted octanol–water partition coefficient (Wildman–Crippen LogP) is 2.64. The van der Waals surface area contributed by atoms with E-state index in [9.17, 15) is 4.79 Å². The highest BCUT2D eigenvalue weighted by molar-refractivity contribution is 5.94. The molecule has 0 radical (unpaired) electrons. The Morgan fingerprint density at radius 1 is 1.39 bits per heavy atom. The highest BCUT2D eigenvalue weighted by Gasteiger charge is 2.12. The molecule has 0 saturated carbocycles. The van der Waals surface area contributed by atoms with Crippen LogP contribution in [0.4, 0.5) is 0 Å². The lowest BCUT2D eigenvalue weighted by atomic mass is 10.2. The van der Waals surface area contributed by atoms with Gasteiger partial charge in [-0.1, -0.05) is 11.2 Å². The number of aromatic nitrogens is 1. The summed E-state index contributed by atoms with van der Waals surface area (Å²) in [5, 5.41) is 6.76. The van der Waals surface area contributed by atoms with Crippen molar-refractivity contribution < 1.29 is 18.8 Å². The second kappa shape index (κ2) is 7.78. The second-order valence-electron chi connectivity index (χ2n) is 5.45. The lowest BCUT2D eigenvalue weighted by Gasteiger charge is -2.13. The molecule has 23 heavy (non-hydrogen) atoms. The summed E-state index contributed by atoms with van der Waals surface area (Å²) >= 11 is 0. The molecule has 1 aromatic carbocycles. The van der Waals surface area contributed by atoms with Gasteiger partial charge < -0.3 is 19.3 Å². The Balaban J connectivity index is 2.01. The molecule has 0 spiro atoms. The van der Waals surface area contributed by atoms with Crippen molar-refractivity contribution in [3.05, 3.63) is 46.8 Å². The Bertz CT molecular complexity index is 647. The normalized spacial score (nSPS) is 12.0. The van der Waals surface area contributed by atoms with Crippen molar-refractivity contribution in [3.63, 3.8) is 0 Å². The summed E-state index contributed by atoms with van der Waals surface area (Å²) < 4.78 is 15.9. The van der Waals surface area contributed by atoms with Crippen molar-refractivity contribution in [2.24, 2.45) is 0 Å². The van der Waals surface area contributed by atoms with Crippen LogP contribution in [0.15, 0.2) is 28.8 Å². The zero-order valence-electron chi connectivity index (χ0n) is 13.9. The van der Waals surface area contributed by atoms with Gasteiger partial charge >= 0.3 is 0 Å². The van der Waals surface area contributed by atoms with E-state index in [1.165, 1.54) is 0 Å². The van der Waals surface area contributed by atoms with Gasteiger partial charge in [-0.05, 0) is 39.0 Å². The number of hydrogen-bond donors (Lipinski definition) is 1. The predicted molar refractivity (Wildman–Crippen MR) is 85.6 cm³/mol. The summed E-state index contributed by atoms with van der Waals surface area (Å²) in [5.41, 5.74) is 2.28. The third kappa shape index (κ3) is 4.56. The molecule has 0 aliphatic rings. The molecule has 2 rings (SSSR count). The van der Waals surface area contributed by atoms with Crippen LogP contribution < -0.4 is 10.1 Å². The van der Waals surface area contributed by atoms with Gasteiger partial charge in [-0.25, -0.2) is 0 Å². The molecule has 0 bridgehead atoms. The maximum absolute atomic E-state index is 12.2. The summed E-state index contributed by atoms with van der Waals surface area (Å²) in [4.78, 5) is 12.2. The van der Waals surface area contributed by atoms with Crippen LogP contribution in [-0.4, -0.2) is 30.8 Å². The Morgan fingerprint density at radius 2 is 2.17 bits per heavy atom. The SMILES string of the molecule is COCC(C)NC(=O)c1cccc(OCc2c(C)noc2C)c1. The number of methoxy groups -OCH3 is 1. The molecule has 0 aliphatic heterocycles. The Labute approximate surface area is 135 Å². The fourth-order valence-corrected chi connectivity index (χ4v) is 2.19. The molecular formula is C17H22N2O4. The molecule has 124 valence electrons.